The third-order valence-corrected chi connectivity index (χ3v) is 9.63. The van der Waals surface area contributed by atoms with Gasteiger partial charge in [-0.1, -0.05) is 66.7 Å². The van der Waals surface area contributed by atoms with E-state index in [1.54, 1.807) is 24.8 Å². The van der Waals surface area contributed by atoms with Crippen molar-refractivity contribution in [2.45, 2.75) is 0 Å². The van der Waals surface area contributed by atoms with Crippen molar-refractivity contribution in [1.82, 2.24) is 29.9 Å². The molecule has 0 aliphatic rings. The number of rotatable bonds is 6. The molecule has 0 saturated heterocycles. The van der Waals surface area contributed by atoms with Crippen LogP contribution in [0.3, 0.4) is 0 Å². The van der Waals surface area contributed by atoms with Gasteiger partial charge in [-0.2, -0.15) is 0 Å². The van der Waals surface area contributed by atoms with Crippen molar-refractivity contribution in [2.75, 3.05) is 0 Å². The fourth-order valence-corrected chi connectivity index (χ4v) is 7.26. The van der Waals surface area contributed by atoms with Crippen LogP contribution < -0.4 is 0 Å². The maximum atomic E-state index is 5.08. The van der Waals surface area contributed by atoms with Crippen LogP contribution in [-0.2, 0) is 0 Å². The van der Waals surface area contributed by atoms with E-state index >= 15 is 0 Å². The second kappa shape index (κ2) is 12.3. The Kier molecular flexibility index (Phi) is 7.03. The van der Waals surface area contributed by atoms with Crippen molar-refractivity contribution >= 4 is 32.3 Å². The van der Waals surface area contributed by atoms with Crippen LogP contribution >= 0.6 is 0 Å². The quantitative estimate of drug-likeness (QED) is 0.165. The van der Waals surface area contributed by atoms with E-state index in [9.17, 15) is 0 Å². The maximum absolute atomic E-state index is 5.08. The van der Waals surface area contributed by atoms with Crippen molar-refractivity contribution in [3.8, 4) is 67.8 Å². The standard InChI is InChI=1S/C46H28N6/c1-5-20-47-37(12-1)41-24-31(25-42(51-41)38-13-2-6-21-48-38)35-28-36(34-19-17-30-11-9-10-29-16-18-33(35)46(34)45(29)30)32-26-43(39-14-3-7-22-49-39)52-44(27-32)40-15-4-8-23-50-40/h1-28H. The molecule has 6 nitrogen and oxygen atoms in total. The summed E-state index contributed by atoms with van der Waals surface area (Å²) in [5.41, 5.74) is 10.6. The van der Waals surface area contributed by atoms with Gasteiger partial charge in [0.1, 0.15) is 0 Å². The molecule has 4 aromatic carbocycles. The van der Waals surface area contributed by atoms with Gasteiger partial charge in [0.15, 0.2) is 0 Å². The summed E-state index contributed by atoms with van der Waals surface area (Å²) in [5.74, 6) is 0. The predicted molar refractivity (Wildman–Crippen MR) is 210 cm³/mol. The minimum Gasteiger partial charge on any atom is -0.255 e. The fraction of sp³-hybridized carbons (Fsp3) is 0. The Balaban J connectivity index is 1.31. The largest absolute Gasteiger partial charge is 0.255 e. The molecule has 10 aromatic rings. The summed E-state index contributed by atoms with van der Waals surface area (Å²) >= 11 is 0. The molecule has 0 N–H and O–H groups in total. The second-order valence-corrected chi connectivity index (χ2v) is 12.8. The van der Waals surface area contributed by atoms with Crippen LogP contribution in [0.4, 0.5) is 0 Å². The zero-order chi connectivity index (χ0) is 34.4. The van der Waals surface area contributed by atoms with Crippen LogP contribution in [0.1, 0.15) is 0 Å². The fourth-order valence-electron chi connectivity index (χ4n) is 7.26. The zero-order valence-electron chi connectivity index (χ0n) is 27.8. The highest BCUT2D eigenvalue weighted by molar-refractivity contribution is 6.28. The van der Waals surface area contributed by atoms with Crippen molar-refractivity contribution in [1.29, 1.82) is 0 Å². The predicted octanol–water partition coefficient (Wildman–Crippen LogP) is 11.0. The summed E-state index contributed by atoms with van der Waals surface area (Å²) in [6.07, 6.45) is 7.22. The number of aromatic nitrogens is 6. The molecule has 0 aliphatic carbocycles. The van der Waals surface area contributed by atoms with E-state index in [0.717, 1.165) is 78.6 Å². The van der Waals surface area contributed by atoms with E-state index in [0.29, 0.717) is 0 Å². The minimum absolute atomic E-state index is 0.782. The van der Waals surface area contributed by atoms with Gasteiger partial charge in [0, 0.05) is 24.8 Å². The van der Waals surface area contributed by atoms with Crippen molar-refractivity contribution < 1.29 is 0 Å². The number of pyridine rings is 6. The number of hydrogen-bond donors (Lipinski definition) is 0. The maximum Gasteiger partial charge on any atom is 0.0900 e. The zero-order valence-corrected chi connectivity index (χ0v) is 27.8. The van der Waals surface area contributed by atoms with Gasteiger partial charge in [0.2, 0.25) is 0 Å². The Morgan fingerprint density at radius 2 is 0.673 bits per heavy atom. The van der Waals surface area contributed by atoms with E-state index < -0.39 is 0 Å². The van der Waals surface area contributed by atoms with Gasteiger partial charge in [0.05, 0.1) is 45.6 Å². The summed E-state index contributed by atoms with van der Waals surface area (Å²) in [4.78, 5) is 28.9. The number of benzene rings is 4. The van der Waals surface area contributed by atoms with E-state index in [2.05, 4.69) is 92.7 Å². The van der Waals surface area contributed by atoms with Crippen LogP contribution in [0, 0.1) is 0 Å². The highest BCUT2D eigenvalue weighted by atomic mass is 14.8. The Hall–Kier alpha value is -7.18. The van der Waals surface area contributed by atoms with E-state index in [-0.39, 0.29) is 0 Å². The summed E-state index contributed by atoms with van der Waals surface area (Å²) < 4.78 is 0. The molecule has 0 unspecified atom stereocenters. The molecule has 0 amide bonds. The number of nitrogens with zero attached hydrogens (tertiary/aromatic N) is 6. The Morgan fingerprint density at radius 3 is 1.02 bits per heavy atom. The summed E-state index contributed by atoms with van der Waals surface area (Å²) in [7, 11) is 0. The van der Waals surface area contributed by atoms with E-state index in [1.807, 2.05) is 72.8 Å². The first-order chi connectivity index (χ1) is 25.8. The van der Waals surface area contributed by atoms with Gasteiger partial charge >= 0.3 is 0 Å². The molecular formula is C46H28N6. The molecule has 0 fully saturated rings. The molecule has 242 valence electrons. The van der Waals surface area contributed by atoms with Crippen LogP contribution in [0.25, 0.3) is 100 Å². The average Bonchev–Trinajstić information content (AvgIpc) is 3.23. The van der Waals surface area contributed by atoms with Crippen molar-refractivity contribution in [3.63, 3.8) is 0 Å². The molecule has 10 rings (SSSR count). The normalized spacial score (nSPS) is 11.5. The minimum atomic E-state index is 0.782. The molecule has 6 heteroatoms. The van der Waals surface area contributed by atoms with Crippen molar-refractivity contribution in [3.05, 3.63) is 170 Å². The molecule has 0 saturated carbocycles. The van der Waals surface area contributed by atoms with Crippen molar-refractivity contribution in [2.24, 2.45) is 0 Å². The lowest BCUT2D eigenvalue weighted by molar-refractivity contribution is 1.22. The highest BCUT2D eigenvalue weighted by Crippen LogP contribution is 2.45. The average molecular weight is 665 g/mol. The van der Waals surface area contributed by atoms with Gasteiger partial charge < -0.3 is 0 Å². The first-order valence-electron chi connectivity index (χ1n) is 17.2. The molecule has 0 spiro atoms. The lowest BCUT2D eigenvalue weighted by atomic mass is 9.85. The van der Waals surface area contributed by atoms with E-state index in [1.165, 1.54) is 21.5 Å². The van der Waals surface area contributed by atoms with Gasteiger partial charge in [-0.15, -0.1) is 0 Å². The molecule has 0 aliphatic heterocycles. The lowest BCUT2D eigenvalue weighted by Crippen LogP contribution is -1.97. The molecule has 0 atom stereocenters. The first kappa shape index (κ1) is 29.7. The summed E-state index contributed by atoms with van der Waals surface area (Å²) in [6, 6.07) is 50.1. The molecule has 0 radical (unpaired) electrons. The topological polar surface area (TPSA) is 77.3 Å². The molecular weight excluding hydrogens is 637 g/mol. The molecule has 6 heterocycles. The SMILES string of the molecule is c1ccc(-c2cc(-c3cc(-c4cc(-c5ccccn5)nc(-c5ccccn5)c4)c4ccc5cccc6ccc3c4c65)cc(-c3ccccn3)n2)nc1. The van der Waals surface area contributed by atoms with E-state index in [4.69, 9.17) is 9.97 Å². The first-order valence-corrected chi connectivity index (χ1v) is 17.2. The Labute approximate surface area is 299 Å². The molecule has 0 bridgehead atoms. The second-order valence-electron chi connectivity index (χ2n) is 12.8. The smallest absolute Gasteiger partial charge is 0.0900 e. The monoisotopic (exact) mass is 664 g/mol. The van der Waals surface area contributed by atoms with Crippen LogP contribution in [0.5, 0.6) is 0 Å². The third-order valence-electron chi connectivity index (χ3n) is 9.63. The third kappa shape index (κ3) is 5.13. The van der Waals surface area contributed by atoms with Gasteiger partial charge in [0.25, 0.3) is 0 Å². The Morgan fingerprint density at radius 1 is 0.288 bits per heavy atom. The summed E-state index contributed by atoms with van der Waals surface area (Å²) in [6.45, 7) is 0. The van der Waals surface area contributed by atoms with Crippen LogP contribution in [0.2, 0.25) is 0 Å². The lowest BCUT2D eigenvalue weighted by Gasteiger charge is -2.19. The van der Waals surface area contributed by atoms with Crippen LogP contribution in [-0.4, -0.2) is 29.9 Å². The van der Waals surface area contributed by atoms with Gasteiger partial charge in [-0.3, -0.25) is 19.9 Å². The molecule has 52 heavy (non-hydrogen) atoms. The summed E-state index contributed by atoms with van der Waals surface area (Å²) in [5, 5.41) is 7.20. The highest BCUT2D eigenvalue weighted by Gasteiger charge is 2.20. The molecule has 6 aromatic heterocycles. The van der Waals surface area contributed by atoms with Crippen LogP contribution in [0.15, 0.2) is 170 Å². The van der Waals surface area contributed by atoms with Gasteiger partial charge in [-0.05, 0) is 133 Å². The Bertz CT molecular complexity index is 2570. The van der Waals surface area contributed by atoms with Gasteiger partial charge in [-0.25, -0.2) is 9.97 Å². The number of hydrogen-bond acceptors (Lipinski definition) is 6.